The summed E-state index contributed by atoms with van der Waals surface area (Å²) in [7, 11) is -4.82. The maximum Gasteiger partial charge on any atom is 0.317 e. The van der Waals surface area contributed by atoms with Crippen LogP contribution in [0.5, 0.6) is 0 Å². The second-order valence-corrected chi connectivity index (χ2v) is 13.0. The number of carboxylic acids is 4. The molecular weight excluding hydrogens is 616 g/mol. The largest absolute Gasteiger partial charge is 0.480 e. The molecule has 0 saturated heterocycles. The Labute approximate surface area is 255 Å². The Morgan fingerprint density at radius 2 is 1.11 bits per heavy atom. The fourth-order valence-corrected chi connectivity index (χ4v) is 9.69. The lowest BCUT2D eigenvalue weighted by Gasteiger charge is -2.73. The molecule has 6 unspecified atom stereocenters. The number of rotatable bonds is 12. The predicted octanol–water partition coefficient (Wildman–Crippen LogP) is -1.01. The van der Waals surface area contributed by atoms with Crippen LogP contribution in [0.25, 0.3) is 0 Å². The van der Waals surface area contributed by atoms with Gasteiger partial charge in [-0.15, -0.1) is 0 Å². The molecule has 4 bridgehead atoms. The third-order valence-electron chi connectivity index (χ3n) is 9.39. The van der Waals surface area contributed by atoms with Gasteiger partial charge in [0.15, 0.2) is 5.60 Å². The van der Waals surface area contributed by atoms with Gasteiger partial charge in [0.1, 0.15) is 4.90 Å². The van der Waals surface area contributed by atoms with E-state index in [-0.39, 0.29) is 16.7 Å². The standard InChI is InChI=1S/C29H28N2O13S/c32-20-7-5-15-9-18(20)27(15,30(11-23(34)35)12-24(36)37)29(17-3-1-2-4-22(17)45(42,43)44-29)28(16-6-8-21(33)19(28)10-16)31(13-25(38)39)14-26(40)41/h1-10,18-21,32-33H,11-14H2,(H,34,35)(H,36,37)(H,38,39)(H,40,41). The molecule has 1 aromatic carbocycles. The smallest absolute Gasteiger partial charge is 0.317 e. The summed E-state index contributed by atoms with van der Waals surface area (Å²) in [5, 5.41) is 62.8. The Balaban J connectivity index is 1.82. The average molecular weight is 645 g/mol. The highest BCUT2D eigenvalue weighted by molar-refractivity contribution is 7.87. The summed E-state index contributed by atoms with van der Waals surface area (Å²) in [5.41, 5.74) is -6.78. The van der Waals surface area contributed by atoms with Gasteiger partial charge in [-0.1, -0.05) is 54.7 Å². The van der Waals surface area contributed by atoms with Crippen molar-refractivity contribution in [3.05, 3.63) is 77.4 Å². The van der Waals surface area contributed by atoms with Crippen LogP contribution in [0.3, 0.4) is 0 Å². The van der Waals surface area contributed by atoms with Gasteiger partial charge >= 0.3 is 23.9 Å². The van der Waals surface area contributed by atoms with Crippen molar-refractivity contribution in [2.45, 2.75) is 33.8 Å². The summed E-state index contributed by atoms with van der Waals surface area (Å²) >= 11 is 0. The number of carbonyl (C=O) groups is 4. The van der Waals surface area contributed by atoms with Crippen LogP contribution in [-0.4, -0.2) is 122 Å². The number of hydrogen-bond donors (Lipinski definition) is 6. The molecule has 238 valence electrons. The van der Waals surface area contributed by atoms with Crippen molar-refractivity contribution in [1.82, 2.24) is 9.80 Å². The molecule has 1 aromatic rings. The monoisotopic (exact) mass is 644 g/mol. The molecule has 0 fully saturated rings. The molecule has 0 aromatic heterocycles. The van der Waals surface area contributed by atoms with Gasteiger partial charge in [0.25, 0.3) is 10.1 Å². The molecule has 4 aliphatic carbocycles. The molecule has 45 heavy (non-hydrogen) atoms. The minimum Gasteiger partial charge on any atom is -0.480 e. The van der Waals surface area contributed by atoms with Gasteiger partial charge in [0.05, 0.1) is 49.5 Å². The van der Waals surface area contributed by atoms with Gasteiger partial charge in [0.2, 0.25) is 0 Å². The van der Waals surface area contributed by atoms with E-state index in [0.29, 0.717) is 0 Å². The van der Waals surface area contributed by atoms with Crippen LogP contribution < -0.4 is 0 Å². The third-order valence-corrected chi connectivity index (χ3v) is 10.8. The molecule has 6 rings (SSSR count). The lowest BCUT2D eigenvalue weighted by molar-refractivity contribution is -0.219. The highest BCUT2D eigenvalue weighted by Crippen LogP contribution is 2.72. The zero-order valence-electron chi connectivity index (χ0n) is 23.3. The van der Waals surface area contributed by atoms with Gasteiger partial charge in [-0.2, -0.15) is 8.42 Å². The number of aliphatic hydroxyl groups excluding tert-OH is 2. The molecule has 6 N–H and O–H groups in total. The van der Waals surface area contributed by atoms with E-state index in [4.69, 9.17) is 4.18 Å². The molecule has 1 aliphatic heterocycles. The van der Waals surface area contributed by atoms with Crippen LogP contribution in [0.2, 0.25) is 0 Å². The number of carboxylic acid groups (broad SMARTS) is 4. The van der Waals surface area contributed by atoms with Crippen molar-refractivity contribution < 1.29 is 62.4 Å². The maximum absolute atomic E-state index is 14.1. The third kappa shape index (κ3) is 3.90. The summed E-state index contributed by atoms with van der Waals surface area (Å²) in [4.78, 5) is 50.9. The van der Waals surface area contributed by atoms with Crippen LogP contribution in [0.15, 0.2) is 76.8 Å². The van der Waals surface area contributed by atoms with E-state index >= 15 is 0 Å². The first-order chi connectivity index (χ1) is 21.1. The number of aliphatic carboxylic acids is 4. The first-order valence-corrected chi connectivity index (χ1v) is 15.1. The second kappa shape index (κ2) is 10.2. The van der Waals surface area contributed by atoms with Crippen LogP contribution in [0.4, 0.5) is 0 Å². The normalized spacial score (nSPS) is 34.8. The van der Waals surface area contributed by atoms with Crippen molar-refractivity contribution >= 4 is 34.0 Å². The van der Waals surface area contributed by atoms with Crippen LogP contribution in [-0.2, 0) is 39.1 Å². The maximum atomic E-state index is 14.1. The number of benzene rings is 1. The van der Waals surface area contributed by atoms with Gasteiger partial charge < -0.3 is 30.6 Å². The highest BCUT2D eigenvalue weighted by atomic mass is 32.2. The highest BCUT2D eigenvalue weighted by Gasteiger charge is 2.83. The van der Waals surface area contributed by atoms with Gasteiger partial charge in [-0.3, -0.25) is 29.0 Å². The summed E-state index contributed by atoms with van der Waals surface area (Å²) < 4.78 is 34.3. The Bertz CT molecular complexity index is 1650. The molecule has 0 spiro atoms. The van der Waals surface area contributed by atoms with E-state index < -0.39 is 106 Å². The Morgan fingerprint density at radius 3 is 1.47 bits per heavy atom. The van der Waals surface area contributed by atoms with E-state index in [2.05, 4.69) is 0 Å². The van der Waals surface area contributed by atoms with Crippen molar-refractivity contribution in [3.63, 3.8) is 0 Å². The molecular formula is C29H28N2O13S. The van der Waals surface area contributed by atoms with Crippen LogP contribution >= 0.6 is 0 Å². The van der Waals surface area contributed by atoms with Crippen molar-refractivity contribution in [2.75, 3.05) is 26.2 Å². The molecule has 1 heterocycles. The van der Waals surface area contributed by atoms with Crippen LogP contribution in [0, 0.1) is 11.8 Å². The fraction of sp³-hybridized carbons (Fsp3) is 0.379. The van der Waals surface area contributed by atoms with E-state index in [9.17, 15) is 58.2 Å². The molecule has 6 atom stereocenters. The predicted molar refractivity (Wildman–Crippen MR) is 149 cm³/mol. The van der Waals surface area contributed by atoms with E-state index in [1.54, 1.807) is 0 Å². The molecule has 15 nitrogen and oxygen atoms in total. The lowest BCUT2D eigenvalue weighted by atomic mass is 9.41. The number of aliphatic hydroxyl groups is 2. The number of nitrogens with zero attached hydrogens (tertiary/aromatic N) is 2. The SMILES string of the molecule is O=C(O)CN(CC(=O)O)C1(C2(C3(N(CC(=O)O)CC(=O)O)C4=CC3C(O)C=C4)OS(=O)(=O)c3ccccc32)C2=CC1C(O)C=C2. The molecule has 0 radical (unpaired) electrons. The summed E-state index contributed by atoms with van der Waals surface area (Å²) in [6.45, 7) is -4.04. The zero-order valence-corrected chi connectivity index (χ0v) is 24.1. The van der Waals surface area contributed by atoms with Crippen LogP contribution in [0.1, 0.15) is 5.56 Å². The zero-order chi connectivity index (χ0) is 32.7. The quantitative estimate of drug-likeness (QED) is 0.150. The molecule has 16 heteroatoms. The summed E-state index contributed by atoms with van der Waals surface area (Å²) in [6.07, 6.45) is 5.59. The average Bonchev–Trinajstić information content (AvgIpc) is 3.15. The lowest BCUT2D eigenvalue weighted by Crippen LogP contribution is -2.86. The van der Waals surface area contributed by atoms with Crippen molar-refractivity contribution in [3.8, 4) is 0 Å². The van der Waals surface area contributed by atoms with Crippen molar-refractivity contribution in [2.24, 2.45) is 11.8 Å². The fourth-order valence-electron chi connectivity index (χ4n) is 8.21. The first-order valence-electron chi connectivity index (χ1n) is 13.7. The minimum atomic E-state index is -4.82. The van der Waals surface area contributed by atoms with Gasteiger partial charge in [-0.25, -0.2) is 4.18 Å². The summed E-state index contributed by atoms with van der Waals surface area (Å²) in [5.74, 6) is -8.54. The summed E-state index contributed by atoms with van der Waals surface area (Å²) in [6, 6.07) is 5.38. The molecule has 5 aliphatic rings. The van der Waals surface area contributed by atoms with Crippen molar-refractivity contribution in [1.29, 1.82) is 0 Å². The van der Waals surface area contributed by atoms with E-state index in [1.807, 2.05) is 0 Å². The molecule has 0 amide bonds. The Hall–Kier alpha value is -4.19. The van der Waals surface area contributed by atoms with Gasteiger partial charge in [0, 0.05) is 17.4 Å². The Morgan fingerprint density at radius 1 is 0.711 bits per heavy atom. The minimum absolute atomic E-state index is 0.150. The first kappa shape index (κ1) is 30.8. The number of fused-ring (bicyclic) bond motifs is 3. The number of hydrogen-bond acceptors (Lipinski definition) is 11. The second-order valence-electron chi connectivity index (χ2n) is 11.5. The molecule has 0 saturated carbocycles. The van der Waals surface area contributed by atoms with Gasteiger partial charge in [-0.05, 0) is 17.2 Å². The van der Waals surface area contributed by atoms with E-state index in [0.717, 1.165) is 9.80 Å². The van der Waals surface area contributed by atoms with E-state index in [1.165, 1.54) is 60.7 Å². The topological polar surface area (TPSA) is 240 Å². The Kier molecular flexibility index (Phi) is 6.96.